The Bertz CT molecular complexity index is 4880. The molecule has 4 aliphatic heterocycles. The molecule has 592 valence electrons. The summed E-state index contributed by atoms with van der Waals surface area (Å²) in [7, 11) is 0. The molecule has 0 spiro atoms. The number of allylic oxidation sites excluding steroid dienone is 1. The van der Waals surface area contributed by atoms with Crippen LogP contribution in [-0.4, -0.2) is 192 Å². The molecule has 0 aromatic carbocycles. The van der Waals surface area contributed by atoms with Gasteiger partial charge in [-0.25, -0.2) is 29.7 Å². The van der Waals surface area contributed by atoms with Crippen molar-refractivity contribution in [3.63, 3.8) is 0 Å². The molecule has 0 unspecified atom stereocenters. The highest BCUT2D eigenvalue weighted by Crippen LogP contribution is 2.48. The number of aromatic nitrogens is 5. The van der Waals surface area contributed by atoms with Gasteiger partial charge in [0.1, 0.15) is 107 Å². The van der Waals surface area contributed by atoms with Crippen LogP contribution in [0.1, 0.15) is 177 Å². The van der Waals surface area contributed by atoms with Crippen LogP contribution in [0, 0.1) is 5.92 Å². The van der Waals surface area contributed by atoms with Gasteiger partial charge in [0.25, 0.3) is 41.4 Å². The molecule has 0 radical (unpaired) electrons. The van der Waals surface area contributed by atoms with Crippen molar-refractivity contribution in [3.05, 3.63) is 160 Å². The van der Waals surface area contributed by atoms with E-state index in [0.29, 0.717) is 0 Å². The topological polar surface area (TPSA) is 563 Å². The second kappa shape index (κ2) is 34.4. The third-order valence-electron chi connectivity index (χ3n) is 18.5. The molecule has 37 nitrogen and oxygen atoms in total. The Morgan fingerprint density at radius 3 is 2.12 bits per heavy atom. The van der Waals surface area contributed by atoms with E-state index in [1.165, 1.54) is 80.4 Å². The number of carbonyl (C=O) groups is 12. The van der Waals surface area contributed by atoms with Gasteiger partial charge >= 0.3 is 5.97 Å². The first kappa shape index (κ1) is 83.7. The van der Waals surface area contributed by atoms with Crippen molar-refractivity contribution >= 4 is 145 Å². The second-order valence-corrected chi connectivity index (χ2v) is 31.4. The highest BCUT2D eigenvalue weighted by molar-refractivity contribution is 8.14. The Kier molecular flexibility index (Phi) is 25.7. The number of carbonyl (C=O) groups excluding carboxylic acids is 12. The molecule has 1 aliphatic carbocycles. The summed E-state index contributed by atoms with van der Waals surface area (Å²) >= 11 is 4.39. The van der Waals surface area contributed by atoms with E-state index in [4.69, 9.17) is 25.4 Å². The molecular weight excluding hydrogens is 1560 g/mol. The van der Waals surface area contributed by atoms with Crippen molar-refractivity contribution < 1.29 is 87.8 Å². The van der Waals surface area contributed by atoms with Crippen molar-refractivity contribution in [2.75, 3.05) is 5.75 Å². The molecule has 18 N–H and O–H groups in total. The summed E-state index contributed by atoms with van der Waals surface area (Å²) in [4.78, 5) is 202. The number of rotatable bonds is 11. The lowest BCUT2D eigenvalue weighted by Crippen LogP contribution is -2.57. The summed E-state index contributed by atoms with van der Waals surface area (Å²) in [6.45, 7) is 24.8. The number of ether oxygens (including phenoxy) is 1. The van der Waals surface area contributed by atoms with Crippen LogP contribution >= 0.6 is 57.1 Å². The van der Waals surface area contributed by atoms with Gasteiger partial charge in [0.2, 0.25) is 23.6 Å². The van der Waals surface area contributed by atoms with E-state index >= 15 is 9.59 Å². The number of nitrogens with two attached hydrogens (primary N) is 1. The van der Waals surface area contributed by atoms with Gasteiger partial charge in [0.15, 0.2) is 0 Å². The van der Waals surface area contributed by atoms with Gasteiger partial charge < -0.3 is 89.2 Å². The molecule has 0 saturated carbocycles. The minimum atomic E-state index is -2.21. The van der Waals surface area contributed by atoms with Crippen molar-refractivity contribution in [2.24, 2.45) is 21.6 Å². The zero-order valence-electron chi connectivity index (χ0n) is 61.1. The number of thioether (sulfide) groups is 1. The van der Waals surface area contributed by atoms with Gasteiger partial charge in [-0.2, -0.15) is 0 Å². The Hall–Kier alpha value is -10.8. The number of hydrogen-bond donors (Lipinski definition) is 17. The Balaban J connectivity index is 1.17. The summed E-state index contributed by atoms with van der Waals surface area (Å²) in [5.41, 5.74) is -2.54. The van der Waals surface area contributed by atoms with Gasteiger partial charge in [0.05, 0.1) is 76.5 Å². The summed E-state index contributed by atoms with van der Waals surface area (Å²) in [6, 6.07) is -10.4. The van der Waals surface area contributed by atoms with Crippen LogP contribution in [0.3, 0.4) is 0 Å². The standard InChI is InChI=1S/C70H79N19O18S5/c1-13-36-63-82-43(22-108-63)60(102)88-51(69(12,106)33(11)92)66-84-42(23-111-66)58(100)87-47-32(10)107-67(105)39-18-34(19-90)35-14-15-37(49(93)48(35)78-39)77-45(25(2)3)61(103)76-29(7)55(97)73-27(5)54(96)74-30(8)56(98)89-70(68-85-44(24-112-68)59(101)86-46(31(9)91)62(104)80-36)17-16-38(79-50(70)40-20-110-65(47)81-40)64-83-41(21-109-64)57(99)75-28(6)53(95)72-26(4)52(71)94/h13-15,18,20-21,23-25,30-33,37,43,45-47,49-51,77,90-93,106H,4-7,16-17,19,22H2,1-3,8-12H3,(H2,71,94)(H,72,95)(H,73,97)(H,74,96)(H,75,99)(H,76,103)(H,80,104)(H,86,101)(H,87,100)(H,88,102)(H,89,98)/b36-13-/t30-,31+,32+,33+,37-,43+,45-,46+,47-,49+,50-,51+,69+,70-/m1/s1. The number of primary amides is 1. The van der Waals surface area contributed by atoms with Gasteiger partial charge in [-0.05, 0) is 71.9 Å². The van der Waals surface area contributed by atoms with Crippen molar-refractivity contribution in [3.8, 4) is 0 Å². The number of aliphatic hydroxyl groups is 5. The van der Waals surface area contributed by atoms with Crippen LogP contribution in [0.2, 0.25) is 0 Å². The normalized spacial score (nSPS) is 25.9. The predicted molar refractivity (Wildman–Crippen MR) is 409 cm³/mol. The van der Waals surface area contributed by atoms with Crippen LogP contribution in [0.4, 0.5) is 0 Å². The van der Waals surface area contributed by atoms with Crippen molar-refractivity contribution in [1.29, 1.82) is 0 Å². The smallest absolute Gasteiger partial charge is 0.357 e. The third-order valence-corrected chi connectivity index (χ3v) is 23.3. The molecule has 10 rings (SSSR count). The molecule has 5 aromatic heterocycles. The molecule has 11 amide bonds. The number of aliphatic imine (C=N–C) groups is 2. The van der Waals surface area contributed by atoms with Crippen LogP contribution in [0.5, 0.6) is 0 Å². The number of thiazole rings is 4. The highest BCUT2D eigenvalue weighted by Gasteiger charge is 2.51. The van der Waals surface area contributed by atoms with Gasteiger partial charge in [-0.1, -0.05) is 58.4 Å². The summed E-state index contributed by atoms with van der Waals surface area (Å²) in [5.74, 6) is -12.7. The van der Waals surface area contributed by atoms with Crippen LogP contribution in [-0.2, 0) is 55.2 Å². The first-order chi connectivity index (χ1) is 52.8. The third kappa shape index (κ3) is 18.1. The first-order valence-corrected chi connectivity index (χ1v) is 38.8. The van der Waals surface area contributed by atoms with E-state index in [-0.39, 0.29) is 89.0 Å². The Morgan fingerprint density at radius 1 is 0.768 bits per heavy atom. The number of pyridine rings is 1. The fourth-order valence-corrected chi connectivity index (χ4v) is 16.7. The highest BCUT2D eigenvalue weighted by atomic mass is 32.2. The zero-order valence-corrected chi connectivity index (χ0v) is 65.2. The van der Waals surface area contributed by atoms with Gasteiger partial charge in [-0.3, -0.25) is 68.0 Å². The van der Waals surface area contributed by atoms with E-state index in [1.807, 2.05) is 0 Å². The lowest BCUT2D eigenvalue weighted by Gasteiger charge is -2.41. The molecular formula is C70H79N19O18S5. The lowest BCUT2D eigenvalue weighted by molar-refractivity contribution is -0.129. The molecule has 0 saturated heterocycles. The maximum atomic E-state index is 15.3. The molecule has 5 aromatic rings. The minimum Gasteiger partial charge on any atom is -0.455 e. The van der Waals surface area contributed by atoms with E-state index in [2.05, 4.69) is 105 Å². The van der Waals surface area contributed by atoms with E-state index in [1.54, 1.807) is 20.8 Å². The van der Waals surface area contributed by atoms with E-state index < -0.39 is 202 Å². The molecule has 9 heterocycles. The molecule has 42 heteroatoms. The zero-order chi connectivity index (χ0) is 81.9. The second-order valence-electron chi connectivity index (χ2n) is 26.9. The number of nitrogens with zero attached hydrogens (tertiary/aromatic N) is 7. The average molecular weight is 1630 g/mol. The predicted octanol–water partition coefficient (Wildman–Crippen LogP) is -0.0520. The van der Waals surface area contributed by atoms with Gasteiger partial charge in [-0.15, -0.1) is 57.1 Å². The first-order valence-electron chi connectivity index (χ1n) is 34.3. The SMILES string of the molecule is C=C(NC(=O)C(=C)NC(=O)c1csc(C2=N[C@@H]3c4csc(n4)[C@@H]4NC(=O)c5csc(n5)[C@@H]([C@@](C)(O)[C@H](C)O)NC(=O)[C@@H]5CSC(=N5)/C(=C/C)NC(=O)[C@H]([C@H](C)O)NC(=O)c5csc(n5)[C@]3(CC2)NC(=O)[C@@H](C)NC(=O)C(=C)NC(=O)C(=C)NC(=O)[C@@H](C(C)C)N[C@@H]2C=Cc3c(CO)cc(nc3[C@H]2O)C(=O)O[C@H]4C)n1)C(N)=O. The van der Waals surface area contributed by atoms with E-state index in [0.717, 1.165) is 57.1 Å². The van der Waals surface area contributed by atoms with Gasteiger partial charge in [0, 0.05) is 32.8 Å². The van der Waals surface area contributed by atoms with Crippen LogP contribution in [0.25, 0.3) is 6.08 Å². The maximum absolute atomic E-state index is 15.3. The number of nitrogens with one attached hydrogen (secondary N) is 11. The van der Waals surface area contributed by atoms with Crippen molar-refractivity contribution in [1.82, 2.24) is 83.4 Å². The Morgan fingerprint density at radius 2 is 1.45 bits per heavy atom. The van der Waals surface area contributed by atoms with Crippen LogP contribution in [0.15, 0.2) is 105 Å². The maximum Gasteiger partial charge on any atom is 0.357 e. The summed E-state index contributed by atoms with van der Waals surface area (Å²) < 4.78 is 6.20. The fourth-order valence-electron chi connectivity index (χ4n) is 11.9. The fraction of sp³-hybridized carbons (Fsp3) is 0.386. The monoisotopic (exact) mass is 1630 g/mol. The molecule has 13 bridgehead atoms. The number of amides is 11. The average Bonchev–Trinajstić information content (AvgIpc) is 1.46. The largest absolute Gasteiger partial charge is 0.455 e. The Labute approximate surface area is 658 Å². The minimum absolute atomic E-state index is 0.0176. The summed E-state index contributed by atoms with van der Waals surface area (Å²) in [6.07, 6.45) is -2.38. The number of fused-ring (bicyclic) bond motifs is 7. The molecule has 112 heavy (non-hydrogen) atoms. The molecule has 14 atom stereocenters. The number of esters is 1. The van der Waals surface area contributed by atoms with E-state index in [9.17, 15) is 73.5 Å². The molecule has 0 fully saturated rings. The van der Waals surface area contributed by atoms with Crippen molar-refractivity contribution in [2.45, 2.75) is 159 Å². The quantitative estimate of drug-likeness (QED) is 0.0609. The summed E-state index contributed by atoms with van der Waals surface area (Å²) in [5, 5.41) is 90.8. The number of cyclic esters (lactones) is 1. The number of hydrogen-bond acceptors (Lipinski definition) is 31. The number of aliphatic hydroxyl groups excluding tert-OH is 4. The van der Waals surface area contributed by atoms with Crippen LogP contribution < -0.4 is 64.2 Å². The molecule has 5 aliphatic rings. The lowest BCUT2D eigenvalue weighted by atomic mass is 9.80.